The molecule has 5 heteroatoms. The number of carbonyl (C=O) groups excluding carboxylic acids is 1. The summed E-state index contributed by atoms with van der Waals surface area (Å²) in [6, 6.07) is 7.61. The Labute approximate surface area is 127 Å². The van der Waals surface area contributed by atoms with Gasteiger partial charge in [0.25, 0.3) is 0 Å². The van der Waals surface area contributed by atoms with Gasteiger partial charge in [0.15, 0.2) is 0 Å². The van der Waals surface area contributed by atoms with E-state index in [4.69, 9.17) is 9.47 Å². The van der Waals surface area contributed by atoms with Crippen molar-refractivity contribution in [3.63, 3.8) is 0 Å². The number of benzene rings is 1. The molecule has 0 aromatic heterocycles. The highest BCUT2D eigenvalue weighted by Gasteiger charge is 2.12. The molecule has 0 aliphatic rings. The van der Waals surface area contributed by atoms with E-state index in [0.717, 1.165) is 18.0 Å². The fraction of sp³-hybridized carbons (Fsp3) is 0.562. The van der Waals surface area contributed by atoms with Gasteiger partial charge < -0.3 is 19.7 Å². The fourth-order valence-corrected chi connectivity index (χ4v) is 1.94. The molecule has 21 heavy (non-hydrogen) atoms. The molecule has 0 fully saturated rings. The lowest BCUT2D eigenvalue weighted by molar-refractivity contribution is -0.130. The van der Waals surface area contributed by atoms with Gasteiger partial charge >= 0.3 is 0 Å². The van der Waals surface area contributed by atoms with Crippen LogP contribution >= 0.6 is 0 Å². The van der Waals surface area contributed by atoms with Crippen LogP contribution in [0.3, 0.4) is 0 Å². The Bertz CT molecular complexity index is 420. The van der Waals surface area contributed by atoms with E-state index in [1.807, 2.05) is 38.1 Å². The van der Waals surface area contributed by atoms with Gasteiger partial charge in [0, 0.05) is 19.5 Å². The van der Waals surface area contributed by atoms with Gasteiger partial charge in [0.1, 0.15) is 18.1 Å². The van der Waals surface area contributed by atoms with Crippen molar-refractivity contribution in [3.05, 3.63) is 24.3 Å². The number of hydrogen-bond donors (Lipinski definition) is 1. The maximum Gasteiger partial charge on any atom is 0.223 e. The average molecular weight is 294 g/mol. The first-order chi connectivity index (χ1) is 10.1. The first-order valence-corrected chi connectivity index (χ1v) is 7.31. The Morgan fingerprint density at radius 2 is 1.90 bits per heavy atom. The predicted molar refractivity (Wildman–Crippen MR) is 83.9 cm³/mol. The molecule has 0 aliphatic heterocycles. The molecule has 1 amide bonds. The van der Waals surface area contributed by atoms with E-state index in [9.17, 15) is 4.79 Å². The van der Waals surface area contributed by atoms with Crippen molar-refractivity contribution in [3.8, 4) is 11.5 Å². The Hall–Kier alpha value is -1.75. The van der Waals surface area contributed by atoms with Gasteiger partial charge in [-0.05, 0) is 37.7 Å². The molecule has 1 aromatic carbocycles. The first kappa shape index (κ1) is 17.3. The highest BCUT2D eigenvalue weighted by molar-refractivity contribution is 5.76. The van der Waals surface area contributed by atoms with E-state index < -0.39 is 0 Å². The van der Waals surface area contributed by atoms with Crippen LogP contribution in [0.2, 0.25) is 0 Å². The minimum absolute atomic E-state index is 0.127. The number of methoxy groups -OCH3 is 1. The lowest BCUT2D eigenvalue weighted by Crippen LogP contribution is -2.36. The molecule has 0 saturated heterocycles. The molecular formula is C16H26N2O3. The van der Waals surface area contributed by atoms with Crippen molar-refractivity contribution in [2.24, 2.45) is 0 Å². The van der Waals surface area contributed by atoms with Crippen LogP contribution in [0.25, 0.3) is 0 Å². The van der Waals surface area contributed by atoms with Crippen molar-refractivity contribution in [1.29, 1.82) is 0 Å². The van der Waals surface area contributed by atoms with E-state index >= 15 is 0 Å². The molecule has 1 rings (SSSR count). The summed E-state index contributed by atoms with van der Waals surface area (Å²) in [4.78, 5) is 13.7. The van der Waals surface area contributed by atoms with E-state index in [-0.39, 0.29) is 11.9 Å². The van der Waals surface area contributed by atoms with Crippen molar-refractivity contribution in [2.75, 3.05) is 33.9 Å². The van der Waals surface area contributed by atoms with Gasteiger partial charge in [0.2, 0.25) is 5.91 Å². The standard InChI is InChI=1S/C16H26N2O3/c1-5-17-13(2)12-16(19)18(3)10-11-21-15-8-6-14(20-4)7-9-15/h6-9,13,17H,5,10-12H2,1-4H3. The molecule has 0 heterocycles. The zero-order valence-corrected chi connectivity index (χ0v) is 13.4. The molecule has 0 bridgehead atoms. The monoisotopic (exact) mass is 294 g/mol. The third kappa shape index (κ3) is 6.49. The number of amides is 1. The smallest absolute Gasteiger partial charge is 0.223 e. The van der Waals surface area contributed by atoms with Gasteiger partial charge in [-0.3, -0.25) is 4.79 Å². The highest BCUT2D eigenvalue weighted by atomic mass is 16.5. The van der Waals surface area contributed by atoms with Gasteiger partial charge in [-0.1, -0.05) is 6.92 Å². The van der Waals surface area contributed by atoms with Crippen LogP contribution in [0, 0.1) is 0 Å². The number of nitrogens with zero attached hydrogens (tertiary/aromatic N) is 1. The Morgan fingerprint density at radius 1 is 1.29 bits per heavy atom. The summed E-state index contributed by atoms with van der Waals surface area (Å²) in [7, 11) is 3.43. The lowest BCUT2D eigenvalue weighted by atomic mass is 10.2. The zero-order chi connectivity index (χ0) is 15.7. The van der Waals surface area contributed by atoms with Gasteiger partial charge in [-0.2, -0.15) is 0 Å². The molecule has 1 N–H and O–H groups in total. The minimum atomic E-state index is 0.127. The first-order valence-electron chi connectivity index (χ1n) is 7.31. The van der Waals surface area contributed by atoms with Crippen LogP contribution in [-0.2, 0) is 4.79 Å². The molecule has 0 saturated carbocycles. The van der Waals surface area contributed by atoms with E-state index in [1.165, 1.54) is 0 Å². The average Bonchev–Trinajstić information content (AvgIpc) is 2.48. The molecule has 5 nitrogen and oxygen atoms in total. The summed E-state index contributed by atoms with van der Waals surface area (Å²) in [5.41, 5.74) is 0. The molecule has 1 unspecified atom stereocenters. The predicted octanol–water partition coefficient (Wildman–Crippen LogP) is 1.92. The Balaban J connectivity index is 2.28. The summed E-state index contributed by atoms with van der Waals surface area (Å²) < 4.78 is 10.7. The topological polar surface area (TPSA) is 50.8 Å². The van der Waals surface area contributed by atoms with Crippen LogP contribution in [0.4, 0.5) is 0 Å². The maximum absolute atomic E-state index is 12.0. The maximum atomic E-state index is 12.0. The van der Waals surface area contributed by atoms with Crippen molar-refractivity contribution in [2.45, 2.75) is 26.3 Å². The third-order valence-electron chi connectivity index (χ3n) is 3.21. The molecule has 0 spiro atoms. The minimum Gasteiger partial charge on any atom is -0.497 e. The fourth-order valence-electron chi connectivity index (χ4n) is 1.94. The van der Waals surface area contributed by atoms with E-state index in [1.54, 1.807) is 19.1 Å². The number of ether oxygens (including phenoxy) is 2. The Morgan fingerprint density at radius 3 is 2.48 bits per heavy atom. The summed E-state index contributed by atoms with van der Waals surface area (Å²) in [6.07, 6.45) is 0.507. The summed E-state index contributed by atoms with van der Waals surface area (Å²) >= 11 is 0. The van der Waals surface area contributed by atoms with Gasteiger partial charge in [-0.15, -0.1) is 0 Å². The lowest BCUT2D eigenvalue weighted by Gasteiger charge is -2.20. The van der Waals surface area contributed by atoms with Gasteiger partial charge in [0.05, 0.1) is 13.7 Å². The number of nitrogens with one attached hydrogen (secondary N) is 1. The molecule has 1 aromatic rings. The summed E-state index contributed by atoms with van der Waals surface area (Å²) in [5, 5.41) is 3.23. The molecular weight excluding hydrogens is 268 g/mol. The van der Waals surface area contributed by atoms with Crippen molar-refractivity contribution >= 4 is 5.91 Å². The quantitative estimate of drug-likeness (QED) is 0.756. The zero-order valence-electron chi connectivity index (χ0n) is 13.4. The van der Waals surface area contributed by atoms with Crippen molar-refractivity contribution in [1.82, 2.24) is 10.2 Å². The van der Waals surface area contributed by atoms with Crippen LogP contribution in [0.5, 0.6) is 11.5 Å². The van der Waals surface area contributed by atoms with E-state index in [0.29, 0.717) is 19.6 Å². The molecule has 1 atom stereocenters. The number of rotatable bonds is 9. The second-order valence-electron chi connectivity index (χ2n) is 5.00. The second kappa shape index (κ2) is 9.23. The highest BCUT2D eigenvalue weighted by Crippen LogP contribution is 2.16. The van der Waals surface area contributed by atoms with Gasteiger partial charge in [-0.25, -0.2) is 0 Å². The third-order valence-corrected chi connectivity index (χ3v) is 3.21. The number of hydrogen-bond acceptors (Lipinski definition) is 4. The largest absolute Gasteiger partial charge is 0.497 e. The normalized spacial score (nSPS) is 11.8. The molecule has 0 aliphatic carbocycles. The molecule has 0 radical (unpaired) electrons. The SMILES string of the molecule is CCNC(C)CC(=O)N(C)CCOc1ccc(OC)cc1. The number of likely N-dealkylation sites (N-methyl/N-ethyl adjacent to an activating group) is 1. The second-order valence-corrected chi connectivity index (χ2v) is 5.00. The summed E-state index contributed by atoms with van der Waals surface area (Å²) in [5.74, 6) is 1.70. The van der Waals surface area contributed by atoms with Crippen LogP contribution in [0.15, 0.2) is 24.3 Å². The van der Waals surface area contributed by atoms with Crippen LogP contribution < -0.4 is 14.8 Å². The molecule has 118 valence electrons. The van der Waals surface area contributed by atoms with Crippen LogP contribution in [0.1, 0.15) is 20.3 Å². The summed E-state index contributed by atoms with van der Waals surface area (Å²) in [6.45, 7) is 5.98. The van der Waals surface area contributed by atoms with E-state index in [2.05, 4.69) is 5.32 Å². The number of carbonyl (C=O) groups is 1. The van der Waals surface area contributed by atoms with Crippen LogP contribution in [-0.4, -0.2) is 50.7 Å². The Kier molecular flexibility index (Phi) is 7.61. The van der Waals surface area contributed by atoms with Crippen molar-refractivity contribution < 1.29 is 14.3 Å².